The summed E-state index contributed by atoms with van der Waals surface area (Å²) in [7, 11) is 0. The summed E-state index contributed by atoms with van der Waals surface area (Å²) in [6.07, 6.45) is 5.33. The summed E-state index contributed by atoms with van der Waals surface area (Å²) >= 11 is 3.64. The first-order chi connectivity index (χ1) is 12.2. The highest BCUT2D eigenvalue weighted by atomic mass is 32.2. The largest absolute Gasteiger partial charge is 0.493 e. The van der Waals surface area contributed by atoms with E-state index in [9.17, 15) is 0 Å². The van der Waals surface area contributed by atoms with Crippen LogP contribution in [0.1, 0.15) is 29.3 Å². The molecule has 0 saturated carbocycles. The van der Waals surface area contributed by atoms with Gasteiger partial charge in [-0.25, -0.2) is 9.97 Å². The maximum Gasteiger partial charge on any atom is 0.128 e. The fourth-order valence-corrected chi connectivity index (χ4v) is 5.55. The molecule has 0 fully saturated rings. The molecular formula is C20H22N2OS2. The highest BCUT2D eigenvalue weighted by Gasteiger charge is 2.23. The normalized spacial score (nSPS) is 16.8. The molecule has 0 amide bonds. The third-order valence-electron chi connectivity index (χ3n) is 4.67. The van der Waals surface area contributed by atoms with Crippen LogP contribution in [-0.4, -0.2) is 22.3 Å². The second-order valence-corrected chi connectivity index (χ2v) is 8.89. The van der Waals surface area contributed by atoms with Crippen molar-refractivity contribution in [2.24, 2.45) is 5.92 Å². The Morgan fingerprint density at radius 2 is 2.08 bits per heavy atom. The zero-order valence-corrected chi connectivity index (χ0v) is 16.3. The van der Waals surface area contributed by atoms with E-state index in [-0.39, 0.29) is 0 Å². The first-order valence-corrected chi connectivity index (χ1v) is 10.6. The van der Waals surface area contributed by atoms with E-state index >= 15 is 0 Å². The van der Waals surface area contributed by atoms with Gasteiger partial charge >= 0.3 is 0 Å². The molecule has 0 radical (unpaired) electrons. The molecule has 0 N–H and O–H groups in total. The third-order valence-corrected chi connectivity index (χ3v) is 6.78. The second-order valence-electron chi connectivity index (χ2n) is 6.72. The van der Waals surface area contributed by atoms with E-state index in [4.69, 9.17) is 4.74 Å². The van der Waals surface area contributed by atoms with Crippen LogP contribution in [0.3, 0.4) is 0 Å². The number of ether oxygens (including phenoxy) is 1. The monoisotopic (exact) mass is 370 g/mol. The van der Waals surface area contributed by atoms with Crippen LogP contribution in [0.4, 0.5) is 0 Å². The predicted octanol–water partition coefficient (Wildman–Crippen LogP) is 5.30. The van der Waals surface area contributed by atoms with Crippen molar-refractivity contribution in [3.63, 3.8) is 0 Å². The van der Waals surface area contributed by atoms with Gasteiger partial charge in [-0.1, -0.05) is 24.6 Å². The Labute approximate surface area is 156 Å². The maximum absolute atomic E-state index is 5.84. The van der Waals surface area contributed by atoms with Crippen molar-refractivity contribution in [2.45, 2.75) is 38.1 Å². The molecule has 1 aliphatic rings. The van der Waals surface area contributed by atoms with Crippen molar-refractivity contribution in [3.8, 4) is 5.75 Å². The maximum atomic E-state index is 5.84. The van der Waals surface area contributed by atoms with E-state index in [0.717, 1.165) is 33.7 Å². The molecule has 0 saturated heterocycles. The molecule has 1 aliphatic carbocycles. The molecule has 1 aromatic carbocycles. The quantitative estimate of drug-likeness (QED) is 0.347. The van der Waals surface area contributed by atoms with Gasteiger partial charge < -0.3 is 4.74 Å². The highest BCUT2D eigenvalue weighted by Crippen LogP contribution is 2.40. The second kappa shape index (κ2) is 7.34. The first-order valence-electron chi connectivity index (χ1n) is 8.78. The number of hydrogen-bond donors (Lipinski definition) is 0. The van der Waals surface area contributed by atoms with Crippen LogP contribution in [-0.2, 0) is 12.8 Å². The highest BCUT2D eigenvalue weighted by molar-refractivity contribution is 7.99. The molecule has 4 rings (SSSR count). The topological polar surface area (TPSA) is 35.0 Å². The van der Waals surface area contributed by atoms with E-state index in [2.05, 4.69) is 35.9 Å². The van der Waals surface area contributed by atoms with Gasteiger partial charge in [-0.3, -0.25) is 0 Å². The molecule has 1 atom stereocenters. The molecule has 130 valence electrons. The molecule has 2 heterocycles. The number of fused-ring (bicyclic) bond motifs is 3. The number of thiophene rings is 1. The average Bonchev–Trinajstić information content (AvgIpc) is 2.98. The molecule has 0 aliphatic heterocycles. The summed E-state index contributed by atoms with van der Waals surface area (Å²) in [5, 5.41) is 2.42. The summed E-state index contributed by atoms with van der Waals surface area (Å²) in [6, 6.07) is 8.21. The van der Waals surface area contributed by atoms with Gasteiger partial charge in [0.25, 0.3) is 0 Å². The molecule has 0 unspecified atom stereocenters. The summed E-state index contributed by atoms with van der Waals surface area (Å²) in [6.45, 7) is 5.11. The minimum Gasteiger partial charge on any atom is -0.493 e. The standard InChI is InChI=1S/C20H22N2OS2/c1-13-3-6-15(7-4-13)23-9-10-24-19-18-16-8-5-14(2)11-17(16)25-20(18)22-12-21-19/h3-4,6-7,12,14H,5,8-11H2,1-2H3/t14-/m1/s1. The molecule has 5 heteroatoms. The van der Waals surface area contributed by atoms with Gasteiger partial charge in [0, 0.05) is 16.0 Å². The lowest BCUT2D eigenvalue weighted by atomic mass is 9.89. The predicted molar refractivity (Wildman–Crippen MR) is 106 cm³/mol. The van der Waals surface area contributed by atoms with Gasteiger partial charge in [-0.05, 0) is 49.8 Å². The number of thioether (sulfide) groups is 1. The van der Waals surface area contributed by atoms with Crippen molar-refractivity contribution in [3.05, 3.63) is 46.6 Å². The van der Waals surface area contributed by atoms with Crippen LogP contribution in [0.25, 0.3) is 10.2 Å². The van der Waals surface area contributed by atoms with E-state index in [1.54, 1.807) is 18.1 Å². The fraction of sp³-hybridized carbons (Fsp3) is 0.400. The van der Waals surface area contributed by atoms with Gasteiger partial charge in [-0.15, -0.1) is 23.1 Å². The van der Waals surface area contributed by atoms with Gasteiger partial charge in [0.1, 0.15) is 21.9 Å². The summed E-state index contributed by atoms with van der Waals surface area (Å²) in [5.74, 6) is 2.61. The Morgan fingerprint density at radius 1 is 1.24 bits per heavy atom. The van der Waals surface area contributed by atoms with Crippen LogP contribution < -0.4 is 4.74 Å². The van der Waals surface area contributed by atoms with E-state index in [1.165, 1.54) is 34.2 Å². The van der Waals surface area contributed by atoms with Crippen LogP contribution in [0, 0.1) is 12.8 Å². The van der Waals surface area contributed by atoms with Crippen molar-refractivity contribution in [1.29, 1.82) is 0 Å². The molecule has 3 nitrogen and oxygen atoms in total. The Balaban J connectivity index is 1.45. The molecule has 25 heavy (non-hydrogen) atoms. The van der Waals surface area contributed by atoms with Crippen molar-refractivity contribution < 1.29 is 4.74 Å². The fourth-order valence-electron chi connectivity index (χ4n) is 3.29. The van der Waals surface area contributed by atoms with E-state index in [0.29, 0.717) is 6.61 Å². The average molecular weight is 371 g/mol. The SMILES string of the molecule is Cc1ccc(OCCSc2ncnc3sc4c(c23)CC[C@@H](C)C4)cc1. The molecular weight excluding hydrogens is 348 g/mol. The number of hydrogen-bond acceptors (Lipinski definition) is 5. The number of nitrogens with zero attached hydrogens (tertiary/aromatic N) is 2. The molecule has 2 aromatic heterocycles. The summed E-state index contributed by atoms with van der Waals surface area (Å²) in [4.78, 5) is 11.8. The minimum atomic E-state index is 0.683. The molecule has 0 spiro atoms. The van der Waals surface area contributed by atoms with E-state index < -0.39 is 0 Å². The lowest BCUT2D eigenvalue weighted by molar-refractivity contribution is 0.344. The number of aromatic nitrogens is 2. The van der Waals surface area contributed by atoms with Gasteiger partial charge in [-0.2, -0.15) is 0 Å². The Hall–Kier alpha value is -1.59. The third kappa shape index (κ3) is 3.67. The number of aryl methyl sites for hydroxylation is 2. The van der Waals surface area contributed by atoms with Crippen molar-refractivity contribution in [1.82, 2.24) is 9.97 Å². The van der Waals surface area contributed by atoms with Gasteiger partial charge in [0.2, 0.25) is 0 Å². The number of benzene rings is 1. The Kier molecular flexibility index (Phi) is 4.95. The zero-order chi connectivity index (χ0) is 17.2. The first kappa shape index (κ1) is 16.9. The summed E-state index contributed by atoms with van der Waals surface area (Å²) < 4.78 is 5.84. The lowest BCUT2D eigenvalue weighted by Gasteiger charge is -2.18. The smallest absolute Gasteiger partial charge is 0.128 e. The zero-order valence-electron chi connectivity index (χ0n) is 14.6. The molecule has 3 aromatic rings. The van der Waals surface area contributed by atoms with Crippen LogP contribution in [0.15, 0.2) is 35.6 Å². The lowest BCUT2D eigenvalue weighted by Crippen LogP contribution is -2.08. The number of rotatable bonds is 5. The molecule has 0 bridgehead atoms. The van der Waals surface area contributed by atoms with Gasteiger partial charge in [0.05, 0.1) is 6.61 Å². The minimum absolute atomic E-state index is 0.683. The van der Waals surface area contributed by atoms with Crippen molar-refractivity contribution in [2.75, 3.05) is 12.4 Å². The van der Waals surface area contributed by atoms with Gasteiger partial charge in [0.15, 0.2) is 0 Å². The van der Waals surface area contributed by atoms with E-state index in [1.807, 2.05) is 23.5 Å². The van der Waals surface area contributed by atoms with Crippen molar-refractivity contribution >= 4 is 33.3 Å². The summed E-state index contributed by atoms with van der Waals surface area (Å²) in [5.41, 5.74) is 2.75. The Morgan fingerprint density at radius 3 is 2.92 bits per heavy atom. The van der Waals surface area contributed by atoms with Crippen LogP contribution in [0.2, 0.25) is 0 Å². The van der Waals surface area contributed by atoms with Crippen LogP contribution in [0.5, 0.6) is 5.75 Å². The van der Waals surface area contributed by atoms with Crippen LogP contribution >= 0.6 is 23.1 Å². The Bertz CT molecular complexity index is 873.